The van der Waals surface area contributed by atoms with E-state index in [1.807, 2.05) is 48.5 Å². The van der Waals surface area contributed by atoms with Crippen LogP contribution in [0.25, 0.3) is 33.3 Å². The highest BCUT2D eigenvalue weighted by atomic mass is 16.5. The van der Waals surface area contributed by atoms with Gasteiger partial charge in [-0.15, -0.1) is 0 Å². The Morgan fingerprint density at radius 3 is 2.39 bits per heavy atom. The van der Waals surface area contributed by atoms with Gasteiger partial charge in [-0.1, -0.05) is 74.4 Å². The van der Waals surface area contributed by atoms with Crippen LogP contribution >= 0.6 is 0 Å². The number of nitrogens with zero attached hydrogens (tertiary/aromatic N) is 2. The quantitative estimate of drug-likeness (QED) is 0.118. The Balaban J connectivity index is 1.26. The van der Waals surface area contributed by atoms with E-state index in [0.29, 0.717) is 40.2 Å². The number of pyridine rings is 2. The summed E-state index contributed by atoms with van der Waals surface area (Å²) in [7, 11) is 1.54. The van der Waals surface area contributed by atoms with Gasteiger partial charge in [-0.05, 0) is 60.6 Å². The number of hydrogen-bond donors (Lipinski definition) is 1. The number of fused-ring (bicyclic) bond motifs is 1. The molecule has 1 saturated carbocycles. The molecule has 1 unspecified atom stereocenters. The standard InChI is InChI=1S/C35H36N2O4/c1-3-32(39)33-30-22-36-21-20-31(30)37-34(35(33)40-2)27-14-12-25(13-15-27)26-16-18-29(19-17-26)41-23-28(38)11-7-10-24-8-5-4-6-9-24/h3,7,10,12-22,24,28,38H,1,4-6,8-9,11,23H2,2H3/b10-7+. The van der Waals surface area contributed by atoms with Crippen LogP contribution in [0.5, 0.6) is 11.5 Å². The van der Waals surface area contributed by atoms with Gasteiger partial charge in [0, 0.05) is 23.3 Å². The van der Waals surface area contributed by atoms with Gasteiger partial charge in [0.05, 0.1) is 24.3 Å². The van der Waals surface area contributed by atoms with Gasteiger partial charge in [-0.3, -0.25) is 9.78 Å². The first-order valence-electron chi connectivity index (χ1n) is 14.2. The summed E-state index contributed by atoms with van der Waals surface area (Å²) in [4.78, 5) is 21.7. The number of ether oxygens (including phenoxy) is 2. The Bertz CT molecular complexity index is 1520. The zero-order valence-corrected chi connectivity index (χ0v) is 23.5. The summed E-state index contributed by atoms with van der Waals surface area (Å²) >= 11 is 0. The maximum atomic E-state index is 12.8. The Hall–Kier alpha value is -4.29. The summed E-state index contributed by atoms with van der Waals surface area (Å²) in [5.41, 5.74) is 4.53. The van der Waals surface area contributed by atoms with Crippen molar-refractivity contribution in [3.63, 3.8) is 0 Å². The lowest BCUT2D eigenvalue weighted by molar-refractivity contribution is 0.104. The first kappa shape index (κ1) is 28.2. The highest BCUT2D eigenvalue weighted by Gasteiger charge is 2.21. The van der Waals surface area contributed by atoms with Crippen molar-refractivity contribution < 1.29 is 19.4 Å². The van der Waals surface area contributed by atoms with Crippen LogP contribution < -0.4 is 9.47 Å². The fourth-order valence-electron chi connectivity index (χ4n) is 5.41. The normalized spacial score (nSPS) is 14.7. The molecule has 0 bridgehead atoms. The number of ketones is 1. The zero-order valence-electron chi connectivity index (χ0n) is 23.5. The third kappa shape index (κ3) is 6.72. The predicted octanol–water partition coefficient (Wildman–Crippen LogP) is 7.61. The second-order valence-corrected chi connectivity index (χ2v) is 10.5. The summed E-state index contributed by atoms with van der Waals surface area (Å²) in [6.45, 7) is 3.91. The Morgan fingerprint density at radius 1 is 1.02 bits per heavy atom. The van der Waals surface area contributed by atoms with Crippen LogP contribution in [0.2, 0.25) is 0 Å². The van der Waals surface area contributed by atoms with E-state index in [1.165, 1.54) is 45.3 Å². The monoisotopic (exact) mass is 548 g/mol. The molecule has 2 aromatic carbocycles. The molecule has 2 aromatic heterocycles. The average Bonchev–Trinajstić information content (AvgIpc) is 3.03. The summed E-state index contributed by atoms with van der Waals surface area (Å²) in [6, 6.07) is 17.6. The Labute approximate surface area is 241 Å². The fourth-order valence-corrected chi connectivity index (χ4v) is 5.41. The van der Waals surface area contributed by atoms with Gasteiger partial charge in [0.25, 0.3) is 0 Å². The molecule has 6 nitrogen and oxygen atoms in total. The van der Waals surface area contributed by atoms with E-state index in [4.69, 9.17) is 14.5 Å². The SMILES string of the molecule is C=CC(=O)c1c(OC)c(-c2ccc(-c3ccc(OCC(O)C/C=C/C4CCCCC4)cc3)cc2)nc2ccncc12. The predicted molar refractivity (Wildman–Crippen MR) is 163 cm³/mol. The van der Waals surface area contributed by atoms with E-state index in [0.717, 1.165) is 22.4 Å². The third-order valence-electron chi connectivity index (χ3n) is 7.63. The lowest BCUT2D eigenvalue weighted by Gasteiger charge is -2.18. The summed E-state index contributed by atoms with van der Waals surface area (Å²) in [6.07, 6.45) is 15.5. The lowest BCUT2D eigenvalue weighted by atomic mass is 9.89. The van der Waals surface area contributed by atoms with E-state index < -0.39 is 6.10 Å². The number of carbonyl (C=O) groups excluding carboxylic acids is 1. The molecular formula is C35H36N2O4. The van der Waals surface area contributed by atoms with Crippen molar-refractivity contribution >= 4 is 16.7 Å². The molecule has 1 fully saturated rings. The molecule has 6 heteroatoms. The minimum atomic E-state index is -0.527. The molecule has 5 rings (SSSR count). The van der Waals surface area contributed by atoms with Crippen molar-refractivity contribution in [2.75, 3.05) is 13.7 Å². The molecule has 2 heterocycles. The van der Waals surface area contributed by atoms with Gasteiger partial charge < -0.3 is 14.6 Å². The van der Waals surface area contributed by atoms with Crippen LogP contribution in [0.3, 0.4) is 0 Å². The Kier molecular flexibility index (Phi) is 9.22. The van der Waals surface area contributed by atoms with Crippen LogP contribution in [-0.2, 0) is 0 Å². The number of allylic oxidation sites excluding steroid dienone is 2. The van der Waals surface area contributed by atoms with Gasteiger partial charge in [-0.2, -0.15) is 0 Å². The molecule has 210 valence electrons. The summed E-state index contributed by atoms with van der Waals surface area (Å²) < 4.78 is 11.5. The molecule has 1 aliphatic carbocycles. The van der Waals surface area contributed by atoms with Gasteiger partial charge >= 0.3 is 0 Å². The number of benzene rings is 2. The second kappa shape index (κ2) is 13.4. The maximum absolute atomic E-state index is 12.8. The van der Waals surface area contributed by atoms with E-state index in [2.05, 4.69) is 23.7 Å². The smallest absolute Gasteiger partial charge is 0.189 e. The van der Waals surface area contributed by atoms with Crippen molar-refractivity contribution in [3.8, 4) is 33.9 Å². The molecule has 0 amide bonds. The molecule has 4 aromatic rings. The molecular weight excluding hydrogens is 512 g/mol. The number of rotatable bonds is 11. The van der Waals surface area contributed by atoms with Gasteiger partial charge in [0.2, 0.25) is 0 Å². The van der Waals surface area contributed by atoms with Crippen molar-refractivity contribution in [1.29, 1.82) is 0 Å². The van der Waals surface area contributed by atoms with Crippen molar-refractivity contribution in [3.05, 3.63) is 97.4 Å². The number of aliphatic hydroxyl groups excluding tert-OH is 1. The third-order valence-corrected chi connectivity index (χ3v) is 7.63. The molecule has 0 saturated heterocycles. The largest absolute Gasteiger partial charge is 0.494 e. The molecule has 41 heavy (non-hydrogen) atoms. The van der Waals surface area contributed by atoms with Gasteiger partial charge in [0.1, 0.15) is 18.1 Å². The number of methoxy groups -OCH3 is 1. The fraction of sp³-hybridized carbons (Fsp3) is 0.286. The van der Waals surface area contributed by atoms with Crippen LogP contribution in [0.4, 0.5) is 0 Å². The van der Waals surface area contributed by atoms with E-state index in [-0.39, 0.29) is 12.4 Å². The van der Waals surface area contributed by atoms with Gasteiger partial charge in [-0.25, -0.2) is 4.98 Å². The van der Waals surface area contributed by atoms with E-state index in [1.54, 1.807) is 18.5 Å². The number of hydrogen-bond acceptors (Lipinski definition) is 6. The molecule has 0 spiro atoms. The molecule has 1 N–H and O–H groups in total. The second-order valence-electron chi connectivity index (χ2n) is 10.5. The molecule has 1 aliphatic rings. The van der Waals surface area contributed by atoms with E-state index in [9.17, 15) is 9.90 Å². The maximum Gasteiger partial charge on any atom is 0.189 e. The highest BCUT2D eigenvalue weighted by Crippen LogP contribution is 2.37. The van der Waals surface area contributed by atoms with Crippen molar-refractivity contribution in [2.24, 2.45) is 5.92 Å². The minimum Gasteiger partial charge on any atom is -0.494 e. The number of aliphatic hydroxyl groups is 1. The van der Waals surface area contributed by atoms with Crippen molar-refractivity contribution in [1.82, 2.24) is 9.97 Å². The van der Waals surface area contributed by atoms with E-state index >= 15 is 0 Å². The average molecular weight is 549 g/mol. The number of carbonyl (C=O) groups is 1. The van der Waals surface area contributed by atoms with Crippen LogP contribution in [-0.4, -0.2) is 40.7 Å². The molecule has 0 aliphatic heterocycles. The van der Waals surface area contributed by atoms with Crippen LogP contribution in [0, 0.1) is 5.92 Å². The van der Waals surface area contributed by atoms with Gasteiger partial charge in [0.15, 0.2) is 11.5 Å². The van der Waals surface area contributed by atoms with Crippen molar-refractivity contribution in [2.45, 2.75) is 44.6 Å². The summed E-state index contributed by atoms with van der Waals surface area (Å²) in [5.74, 6) is 1.54. The lowest BCUT2D eigenvalue weighted by Crippen LogP contribution is -2.16. The molecule has 0 radical (unpaired) electrons. The zero-order chi connectivity index (χ0) is 28.6. The number of aromatic nitrogens is 2. The topological polar surface area (TPSA) is 81.5 Å². The first-order valence-corrected chi connectivity index (χ1v) is 14.2. The highest BCUT2D eigenvalue weighted by molar-refractivity contribution is 6.15. The van der Waals surface area contributed by atoms with Crippen LogP contribution in [0.15, 0.2) is 91.8 Å². The summed E-state index contributed by atoms with van der Waals surface area (Å²) in [5, 5.41) is 11.0. The first-order chi connectivity index (χ1) is 20.1. The van der Waals surface area contributed by atoms with Crippen LogP contribution in [0.1, 0.15) is 48.9 Å². The molecule has 1 atom stereocenters. The Morgan fingerprint density at radius 2 is 1.71 bits per heavy atom. The minimum absolute atomic E-state index is 0.245.